The van der Waals surface area contributed by atoms with Crippen molar-refractivity contribution < 1.29 is 14.3 Å². The number of anilines is 2. The number of nitrogens with zero attached hydrogens (tertiary/aromatic N) is 1. The van der Waals surface area contributed by atoms with Gasteiger partial charge in [-0.25, -0.2) is 4.39 Å². The molecular weight excluding hydrogens is 273 g/mol. The summed E-state index contributed by atoms with van der Waals surface area (Å²) in [6, 6.07) is 3.63. The number of amides is 1. The zero-order valence-corrected chi connectivity index (χ0v) is 13.0. The van der Waals surface area contributed by atoms with Crippen molar-refractivity contribution in [3.05, 3.63) is 24.0 Å². The number of hydrogen-bond acceptors (Lipinski definition) is 4. The molecule has 1 amide bonds. The number of benzene rings is 1. The summed E-state index contributed by atoms with van der Waals surface area (Å²) >= 11 is 0. The third-order valence-electron chi connectivity index (χ3n) is 3.19. The maximum atomic E-state index is 13.1. The van der Waals surface area contributed by atoms with Gasteiger partial charge in [0, 0.05) is 12.2 Å². The van der Waals surface area contributed by atoms with E-state index < -0.39 is 17.5 Å². The van der Waals surface area contributed by atoms with Gasteiger partial charge < -0.3 is 16.2 Å². The van der Waals surface area contributed by atoms with E-state index in [1.165, 1.54) is 18.2 Å². The number of nitrogens with one attached hydrogen (secondary N) is 1. The Morgan fingerprint density at radius 1 is 1.52 bits per heavy atom. The van der Waals surface area contributed by atoms with E-state index in [4.69, 9.17) is 5.73 Å². The van der Waals surface area contributed by atoms with E-state index in [0.29, 0.717) is 18.8 Å². The number of halogens is 1. The molecule has 0 spiro atoms. The van der Waals surface area contributed by atoms with Crippen LogP contribution in [0.15, 0.2) is 18.2 Å². The molecule has 0 saturated carbocycles. The molecule has 0 aliphatic rings. The Morgan fingerprint density at radius 3 is 2.62 bits per heavy atom. The third kappa shape index (κ3) is 5.32. The number of carbonyl (C=O) groups is 1. The van der Waals surface area contributed by atoms with E-state index in [1.54, 1.807) is 20.8 Å². The summed E-state index contributed by atoms with van der Waals surface area (Å²) in [5, 5.41) is 12.6. The molecule has 1 rings (SSSR count). The molecular formula is C15H24FN3O2. The average molecular weight is 297 g/mol. The minimum atomic E-state index is -0.884. The molecule has 0 radical (unpaired) electrons. The minimum absolute atomic E-state index is 0.00991. The number of hydrogen-bond donors (Lipinski definition) is 3. The van der Waals surface area contributed by atoms with Crippen molar-refractivity contribution >= 4 is 17.3 Å². The quantitative estimate of drug-likeness (QED) is 0.700. The van der Waals surface area contributed by atoms with E-state index >= 15 is 0 Å². The molecule has 4 N–H and O–H groups in total. The first-order chi connectivity index (χ1) is 9.64. The fraction of sp³-hybridized carbons (Fsp3) is 0.533. The first-order valence-electron chi connectivity index (χ1n) is 6.96. The van der Waals surface area contributed by atoms with E-state index in [9.17, 15) is 14.3 Å². The molecule has 0 fully saturated rings. The van der Waals surface area contributed by atoms with Gasteiger partial charge in [-0.1, -0.05) is 6.92 Å². The Kier molecular flexibility index (Phi) is 5.69. The number of likely N-dealkylation sites (N-methyl/N-ethyl adjacent to an activating group) is 1. The molecule has 0 bridgehead atoms. The van der Waals surface area contributed by atoms with Gasteiger partial charge in [0.25, 0.3) is 0 Å². The Balaban J connectivity index is 2.74. The van der Waals surface area contributed by atoms with Crippen LogP contribution in [-0.4, -0.2) is 40.6 Å². The van der Waals surface area contributed by atoms with E-state index in [1.807, 2.05) is 11.8 Å². The largest absolute Gasteiger partial charge is 0.396 e. The molecule has 0 saturated heterocycles. The number of carbonyl (C=O) groups excluding carboxylic acids is 1. The zero-order valence-electron chi connectivity index (χ0n) is 13.0. The van der Waals surface area contributed by atoms with Crippen LogP contribution in [0, 0.1) is 5.82 Å². The lowest BCUT2D eigenvalue weighted by atomic mass is 10.1. The summed E-state index contributed by atoms with van der Waals surface area (Å²) in [7, 11) is 0. The van der Waals surface area contributed by atoms with Gasteiger partial charge in [0.2, 0.25) is 5.91 Å². The second kappa shape index (κ2) is 6.87. The molecule has 21 heavy (non-hydrogen) atoms. The van der Waals surface area contributed by atoms with Crippen LogP contribution in [0.2, 0.25) is 0 Å². The van der Waals surface area contributed by atoms with Crippen molar-refractivity contribution in [2.75, 3.05) is 24.1 Å². The van der Waals surface area contributed by atoms with Gasteiger partial charge in [0.1, 0.15) is 5.82 Å². The second-order valence-electron chi connectivity index (χ2n) is 5.78. The highest BCUT2D eigenvalue weighted by molar-refractivity contribution is 5.94. The van der Waals surface area contributed by atoms with Gasteiger partial charge >= 0.3 is 0 Å². The van der Waals surface area contributed by atoms with Crippen molar-refractivity contribution in [2.45, 2.75) is 39.3 Å². The minimum Gasteiger partial charge on any atom is -0.396 e. The number of nitrogen functional groups attached to an aromatic ring is 1. The topological polar surface area (TPSA) is 78.6 Å². The van der Waals surface area contributed by atoms with Gasteiger partial charge in [0.05, 0.1) is 17.3 Å². The molecule has 0 aliphatic heterocycles. The highest BCUT2D eigenvalue weighted by atomic mass is 19.1. The lowest BCUT2D eigenvalue weighted by molar-refractivity contribution is -0.121. The van der Waals surface area contributed by atoms with Crippen LogP contribution >= 0.6 is 0 Å². The van der Waals surface area contributed by atoms with Crippen LogP contribution in [0.25, 0.3) is 0 Å². The van der Waals surface area contributed by atoms with Crippen LogP contribution < -0.4 is 11.1 Å². The average Bonchev–Trinajstić information content (AvgIpc) is 2.38. The molecule has 0 aliphatic carbocycles. The summed E-state index contributed by atoms with van der Waals surface area (Å²) in [5.41, 5.74) is 5.03. The maximum Gasteiger partial charge on any atom is 0.241 e. The molecule has 1 aromatic rings. The molecule has 5 nitrogen and oxygen atoms in total. The van der Waals surface area contributed by atoms with Crippen molar-refractivity contribution in [2.24, 2.45) is 0 Å². The molecule has 0 aromatic heterocycles. The third-order valence-corrected chi connectivity index (χ3v) is 3.19. The normalized spacial score (nSPS) is 13.3. The number of aliphatic hydroxyl groups is 1. The summed E-state index contributed by atoms with van der Waals surface area (Å²) in [6.45, 7) is 8.08. The first-order valence-corrected chi connectivity index (χ1v) is 6.96. The van der Waals surface area contributed by atoms with Gasteiger partial charge in [-0.3, -0.25) is 9.69 Å². The smallest absolute Gasteiger partial charge is 0.241 e. The number of nitrogens with two attached hydrogens (primary N) is 1. The van der Waals surface area contributed by atoms with Crippen LogP contribution in [0.4, 0.5) is 15.8 Å². The van der Waals surface area contributed by atoms with Crippen molar-refractivity contribution in [1.29, 1.82) is 0 Å². The predicted octanol–water partition coefficient (Wildman–Crippen LogP) is 1.83. The molecule has 6 heteroatoms. The molecule has 1 unspecified atom stereocenters. The van der Waals surface area contributed by atoms with Crippen molar-refractivity contribution in [1.82, 2.24) is 4.90 Å². The van der Waals surface area contributed by atoms with Gasteiger partial charge in [0.15, 0.2) is 0 Å². The second-order valence-corrected chi connectivity index (χ2v) is 5.78. The fourth-order valence-electron chi connectivity index (χ4n) is 2.05. The van der Waals surface area contributed by atoms with E-state index in [2.05, 4.69) is 5.32 Å². The molecule has 1 aromatic carbocycles. The summed E-state index contributed by atoms with van der Waals surface area (Å²) in [5.74, 6) is -0.745. The van der Waals surface area contributed by atoms with Crippen LogP contribution in [0.3, 0.4) is 0 Å². The van der Waals surface area contributed by atoms with Crippen LogP contribution in [-0.2, 0) is 4.79 Å². The van der Waals surface area contributed by atoms with E-state index in [-0.39, 0.29) is 11.6 Å². The van der Waals surface area contributed by atoms with Crippen molar-refractivity contribution in [3.8, 4) is 0 Å². The maximum absolute atomic E-state index is 13.1. The monoisotopic (exact) mass is 297 g/mol. The van der Waals surface area contributed by atoms with Crippen LogP contribution in [0.1, 0.15) is 27.7 Å². The van der Waals surface area contributed by atoms with Crippen molar-refractivity contribution in [3.63, 3.8) is 0 Å². The molecule has 1 atom stereocenters. The Bertz CT molecular complexity index is 500. The Morgan fingerprint density at radius 2 is 2.14 bits per heavy atom. The van der Waals surface area contributed by atoms with Gasteiger partial charge in [-0.2, -0.15) is 0 Å². The summed E-state index contributed by atoms with van der Waals surface area (Å²) in [6.07, 6.45) is 0. The van der Waals surface area contributed by atoms with Crippen LogP contribution in [0.5, 0.6) is 0 Å². The predicted molar refractivity (Wildman–Crippen MR) is 82.4 cm³/mol. The van der Waals surface area contributed by atoms with E-state index in [0.717, 1.165) is 0 Å². The Hall–Kier alpha value is -1.66. The first kappa shape index (κ1) is 17.4. The molecule has 118 valence electrons. The molecule has 0 heterocycles. The highest BCUT2D eigenvalue weighted by Crippen LogP contribution is 2.17. The Labute approximate surface area is 124 Å². The number of rotatable bonds is 6. The summed E-state index contributed by atoms with van der Waals surface area (Å²) in [4.78, 5) is 14.1. The van der Waals surface area contributed by atoms with Gasteiger partial charge in [-0.15, -0.1) is 0 Å². The SMILES string of the molecule is CCN(CC(C)(C)O)C(C)C(=O)Nc1ccc(F)c(N)c1. The standard InChI is InChI=1S/C15H24FN3O2/c1-5-19(9-15(3,4)21)10(2)14(20)18-11-6-7-12(16)13(17)8-11/h6-8,10,21H,5,9,17H2,1-4H3,(H,18,20). The highest BCUT2D eigenvalue weighted by Gasteiger charge is 2.25. The fourth-order valence-corrected chi connectivity index (χ4v) is 2.05. The zero-order chi connectivity index (χ0) is 16.2. The lowest BCUT2D eigenvalue weighted by Crippen LogP contribution is -2.48. The summed E-state index contributed by atoms with van der Waals surface area (Å²) < 4.78 is 13.1. The lowest BCUT2D eigenvalue weighted by Gasteiger charge is -2.32. The van der Waals surface area contributed by atoms with Gasteiger partial charge in [-0.05, 0) is 45.5 Å².